The van der Waals surface area contributed by atoms with Gasteiger partial charge in [-0.05, 0) is 12.8 Å². The van der Waals surface area contributed by atoms with Crippen LogP contribution in [0.15, 0.2) is 0 Å². The molecule has 0 N–H and O–H groups in total. The Labute approximate surface area is 116 Å². The van der Waals surface area contributed by atoms with Gasteiger partial charge in [0.2, 0.25) is 0 Å². The van der Waals surface area contributed by atoms with Gasteiger partial charge in [-0.25, -0.2) is 4.79 Å². The minimum Gasteiger partial charge on any atom is -0.434 e. The average molecular weight is 276 g/mol. The molecule has 0 saturated heterocycles. The van der Waals surface area contributed by atoms with Crippen molar-refractivity contribution in [1.82, 2.24) is 0 Å². The van der Waals surface area contributed by atoms with Crippen LogP contribution in [0.3, 0.4) is 0 Å². The Morgan fingerprint density at radius 2 is 1.21 bits per heavy atom. The maximum Gasteiger partial charge on any atom is 0.508 e. The summed E-state index contributed by atoms with van der Waals surface area (Å²) in [5, 5.41) is 0. The normalized spacial score (nSPS) is 10.4. The highest BCUT2D eigenvalue weighted by Gasteiger charge is 2.02. The van der Waals surface area contributed by atoms with E-state index < -0.39 is 6.16 Å². The number of carbonyl (C=O) groups excluding carboxylic acids is 1. The third-order valence-electron chi connectivity index (χ3n) is 2.38. The highest BCUT2D eigenvalue weighted by molar-refractivity contribution is 5.59. The molecule has 0 aliphatic heterocycles. The van der Waals surface area contributed by atoms with E-state index in [1.807, 2.05) is 0 Å². The van der Waals surface area contributed by atoms with Crippen molar-refractivity contribution in [2.24, 2.45) is 0 Å². The molecule has 19 heavy (non-hydrogen) atoms. The zero-order valence-corrected chi connectivity index (χ0v) is 12.3. The van der Waals surface area contributed by atoms with Gasteiger partial charge in [0.1, 0.15) is 6.61 Å². The predicted octanol–water partition coefficient (Wildman–Crippen LogP) is 3.16. The maximum absolute atomic E-state index is 11.1. The van der Waals surface area contributed by atoms with Gasteiger partial charge in [-0.15, -0.1) is 0 Å². The van der Waals surface area contributed by atoms with Gasteiger partial charge in [-0.2, -0.15) is 0 Å². The first-order valence-corrected chi connectivity index (χ1v) is 7.26. The van der Waals surface area contributed by atoms with Crippen LogP contribution in [-0.4, -0.2) is 45.8 Å². The van der Waals surface area contributed by atoms with E-state index in [0.29, 0.717) is 32.8 Å². The predicted molar refractivity (Wildman–Crippen MR) is 73.4 cm³/mol. The van der Waals surface area contributed by atoms with Gasteiger partial charge in [0, 0.05) is 26.2 Å². The van der Waals surface area contributed by atoms with Crippen molar-refractivity contribution >= 4 is 6.16 Å². The van der Waals surface area contributed by atoms with Gasteiger partial charge in [0.25, 0.3) is 0 Å². The molecule has 114 valence electrons. The van der Waals surface area contributed by atoms with Gasteiger partial charge in [-0.1, -0.05) is 26.7 Å². The molecule has 0 unspecified atom stereocenters. The van der Waals surface area contributed by atoms with Crippen molar-refractivity contribution in [2.75, 3.05) is 39.6 Å². The minimum atomic E-state index is -0.632. The summed E-state index contributed by atoms with van der Waals surface area (Å²) in [5.41, 5.74) is 0. The Kier molecular flexibility index (Phi) is 14.6. The SMILES string of the molecule is CCCCOCCCOC(=O)OCCOCCCC. The number of ether oxygens (including phenoxy) is 4. The molecule has 5 nitrogen and oxygen atoms in total. The fourth-order valence-electron chi connectivity index (χ4n) is 1.24. The summed E-state index contributed by atoms with van der Waals surface area (Å²) in [5.74, 6) is 0. The van der Waals surface area contributed by atoms with Crippen molar-refractivity contribution in [3.63, 3.8) is 0 Å². The Bertz CT molecular complexity index is 196. The molecule has 0 spiro atoms. The van der Waals surface area contributed by atoms with Crippen molar-refractivity contribution in [3.05, 3.63) is 0 Å². The first-order chi connectivity index (χ1) is 9.31. The number of hydrogen-bond acceptors (Lipinski definition) is 5. The molecule has 0 saturated carbocycles. The zero-order chi connectivity index (χ0) is 14.2. The van der Waals surface area contributed by atoms with Gasteiger partial charge >= 0.3 is 6.16 Å². The molecule has 0 aliphatic rings. The summed E-state index contributed by atoms with van der Waals surface area (Å²) in [6, 6.07) is 0. The first kappa shape index (κ1) is 18.2. The van der Waals surface area contributed by atoms with Crippen LogP contribution in [0.4, 0.5) is 4.79 Å². The third-order valence-corrected chi connectivity index (χ3v) is 2.38. The molecule has 0 aromatic heterocycles. The molecule has 0 rings (SSSR count). The van der Waals surface area contributed by atoms with E-state index in [1.165, 1.54) is 0 Å². The summed E-state index contributed by atoms with van der Waals surface area (Å²) < 4.78 is 20.3. The number of hydrogen-bond donors (Lipinski definition) is 0. The van der Waals surface area contributed by atoms with E-state index in [-0.39, 0.29) is 6.61 Å². The highest BCUT2D eigenvalue weighted by Crippen LogP contribution is 1.93. The van der Waals surface area contributed by atoms with E-state index in [1.54, 1.807) is 0 Å². The van der Waals surface area contributed by atoms with Gasteiger partial charge < -0.3 is 18.9 Å². The first-order valence-electron chi connectivity index (χ1n) is 7.26. The summed E-state index contributed by atoms with van der Waals surface area (Å²) >= 11 is 0. The van der Waals surface area contributed by atoms with E-state index in [9.17, 15) is 4.79 Å². The largest absolute Gasteiger partial charge is 0.508 e. The van der Waals surface area contributed by atoms with Crippen LogP contribution in [0.1, 0.15) is 46.0 Å². The smallest absolute Gasteiger partial charge is 0.434 e. The van der Waals surface area contributed by atoms with Crippen LogP contribution in [-0.2, 0) is 18.9 Å². The number of carbonyl (C=O) groups is 1. The standard InChI is InChI=1S/C14H28O5/c1-3-5-8-16-10-7-11-18-14(15)19-13-12-17-9-6-4-2/h3-13H2,1-2H3. The fourth-order valence-corrected chi connectivity index (χ4v) is 1.24. The lowest BCUT2D eigenvalue weighted by Gasteiger charge is -2.07. The monoisotopic (exact) mass is 276 g/mol. The van der Waals surface area contributed by atoms with Crippen molar-refractivity contribution in [1.29, 1.82) is 0 Å². The molecule has 0 bridgehead atoms. The maximum atomic E-state index is 11.1. The van der Waals surface area contributed by atoms with Crippen LogP contribution < -0.4 is 0 Å². The van der Waals surface area contributed by atoms with Crippen LogP contribution in [0, 0.1) is 0 Å². The van der Waals surface area contributed by atoms with Gasteiger partial charge in [0.05, 0.1) is 13.2 Å². The quantitative estimate of drug-likeness (QED) is 0.382. The second kappa shape index (κ2) is 15.2. The Balaban J connectivity index is 3.13. The second-order valence-corrected chi connectivity index (χ2v) is 4.23. The molecular formula is C14H28O5. The Morgan fingerprint density at radius 1 is 0.684 bits per heavy atom. The number of unbranched alkanes of at least 4 members (excludes halogenated alkanes) is 2. The summed E-state index contributed by atoms with van der Waals surface area (Å²) in [6.45, 7) is 7.33. The van der Waals surface area contributed by atoms with Gasteiger partial charge in [-0.3, -0.25) is 0 Å². The topological polar surface area (TPSA) is 54.0 Å². The summed E-state index contributed by atoms with van der Waals surface area (Å²) in [6.07, 6.45) is 4.40. The lowest BCUT2D eigenvalue weighted by Crippen LogP contribution is -2.14. The molecule has 0 aromatic rings. The van der Waals surface area contributed by atoms with Crippen LogP contribution in [0.25, 0.3) is 0 Å². The second-order valence-electron chi connectivity index (χ2n) is 4.23. The lowest BCUT2D eigenvalue weighted by molar-refractivity contribution is 0.0217. The van der Waals surface area contributed by atoms with Crippen LogP contribution >= 0.6 is 0 Å². The van der Waals surface area contributed by atoms with Gasteiger partial charge in [0.15, 0.2) is 0 Å². The van der Waals surface area contributed by atoms with E-state index in [2.05, 4.69) is 13.8 Å². The molecule has 0 radical (unpaired) electrons. The molecule has 0 atom stereocenters. The fraction of sp³-hybridized carbons (Fsp3) is 0.929. The molecule has 0 aliphatic carbocycles. The van der Waals surface area contributed by atoms with Crippen molar-refractivity contribution in [3.8, 4) is 0 Å². The zero-order valence-electron chi connectivity index (χ0n) is 12.3. The lowest BCUT2D eigenvalue weighted by atomic mass is 10.4. The highest BCUT2D eigenvalue weighted by atomic mass is 16.7. The van der Waals surface area contributed by atoms with E-state index in [4.69, 9.17) is 18.9 Å². The Hall–Kier alpha value is -0.810. The minimum absolute atomic E-state index is 0.246. The molecule has 5 heteroatoms. The molecule has 0 aromatic carbocycles. The Morgan fingerprint density at radius 3 is 1.84 bits per heavy atom. The van der Waals surface area contributed by atoms with Crippen LogP contribution in [0.5, 0.6) is 0 Å². The number of rotatable bonds is 13. The van der Waals surface area contributed by atoms with Crippen molar-refractivity contribution < 1.29 is 23.7 Å². The average Bonchev–Trinajstić information content (AvgIpc) is 2.41. The van der Waals surface area contributed by atoms with Crippen LogP contribution in [0.2, 0.25) is 0 Å². The molecule has 0 heterocycles. The molecule has 0 fully saturated rings. The van der Waals surface area contributed by atoms with E-state index >= 15 is 0 Å². The van der Waals surface area contributed by atoms with Crippen molar-refractivity contribution in [2.45, 2.75) is 46.0 Å². The van der Waals surface area contributed by atoms with E-state index in [0.717, 1.165) is 32.3 Å². The molecule has 0 amide bonds. The third kappa shape index (κ3) is 15.1. The molecular weight excluding hydrogens is 248 g/mol. The summed E-state index contributed by atoms with van der Waals surface area (Å²) in [4.78, 5) is 11.1. The summed E-state index contributed by atoms with van der Waals surface area (Å²) in [7, 11) is 0.